The number of aromatic nitrogens is 3. The Morgan fingerprint density at radius 1 is 1.45 bits per heavy atom. The summed E-state index contributed by atoms with van der Waals surface area (Å²) >= 11 is 1.71. The average Bonchev–Trinajstić information content (AvgIpc) is 3.16. The first-order valence-electron chi connectivity index (χ1n) is 7.92. The molecule has 1 aliphatic rings. The Balaban J connectivity index is 1.49. The van der Waals surface area contributed by atoms with Crippen molar-refractivity contribution in [1.29, 1.82) is 0 Å². The van der Waals surface area contributed by atoms with E-state index in [0.29, 0.717) is 5.92 Å². The summed E-state index contributed by atoms with van der Waals surface area (Å²) in [5, 5.41) is 8.93. The molecule has 122 valence electrons. The fourth-order valence-electron chi connectivity index (χ4n) is 3.11. The molecule has 7 heteroatoms. The van der Waals surface area contributed by atoms with Crippen molar-refractivity contribution >= 4 is 26.8 Å². The number of ether oxygens (including phenoxy) is 1. The van der Waals surface area contributed by atoms with E-state index >= 15 is 0 Å². The van der Waals surface area contributed by atoms with Gasteiger partial charge in [0.05, 0.1) is 10.4 Å². The van der Waals surface area contributed by atoms with E-state index in [1.54, 1.807) is 18.4 Å². The number of rotatable bonds is 7. The van der Waals surface area contributed by atoms with Crippen molar-refractivity contribution in [2.75, 3.05) is 45.2 Å². The van der Waals surface area contributed by atoms with Crippen molar-refractivity contribution in [2.24, 2.45) is 13.0 Å². The molecule has 0 amide bonds. The summed E-state index contributed by atoms with van der Waals surface area (Å²) in [6.45, 7) is 7.45. The van der Waals surface area contributed by atoms with Crippen molar-refractivity contribution in [3.63, 3.8) is 0 Å². The molecule has 1 atom stereocenters. The van der Waals surface area contributed by atoms with Crippen molar-refractivity contribution in [3.8, 4) is 0 Å². The second-order valence-electron chi connectivity index (χ2n) is 6.06. The van der Waals surface area contributed by atoms with Crippen LogP contribution in [0.25, 0.3) is 10.3 Å². The van der Waals surface area contributed by atoms with Crippen molar-refractivity contribution in [3.05, 3.63) is 5.69 Å². The minimum Gasteiger partial charge on any atom is -0.385 e. The lowest BCUT2D eigenvalue weighted by molar-refractivity contribution is 0.178. The van der Waals surface area contributed by atoms with Gasteiger partial charge in [0.15, 0.2) is 10.8 Å². The van der Waals surface area contributed by atoms with Gasteiger partial charge in [0.1, 0.15) is 0 Å². The molecule has 1 saturated heterocycles. The molecule has 0 bridgehead atoms. The highest BCUT2D eigenvalue weighted by Crippen LogP contribution is 2.28. The van der Waals surface area contributed by atoms with E-state index in [2.05, 4.69) is 20.3 Å². The molecule has 2 aromatic heterocycles. The van der Waals surface area contributed by atoms with Gasteiger partial charge in [-0.25, -0.2) is 9.67 Å². The van der Waals surface area contributed by atoms with E-state index in [4.69, 9.17) is 4.74 Å². The zero-order valence-corrected chi connectivity index (χ0v) is 14.4. The normalized spacial score (nSPS) is 19.3. The van der Waals surface area contributed by atoms with Crippen LogP contribution in [0, 0.1) is 12.8 Å². The summed E-state index contributed by atoms with van der Waals surface area (Å²) in [7, 11) is 3.72. The Bertz CT molecular complexity index is 588. The highest BCUT2D eigenvalue weighted by Gasteiger charge is 2.22. The van der Waals surface area contributed by atoms with Gasteiger partial charge in [-0.1, -0.05) is 11.3 Å². The van der Waals surface area contributed by atoms with Gasteiger partial charge in [0, 0.05) is 40.4 Å². The minimum atomic E-state index is 0.716. The molecule has 22 heavy (non-hydrogen) atoms. The Morgan fingerprint density at radius 3 is 3.09 bits per heavy atom. The molecular formula is C15H25N5OS. The zero-order valence-electron chi connectivity index (χ0n) is 13.6. The summed E-state index contributed by atoms with van der Waals surface area (Å²) in [6, 6.07) is 0. The van der Waals surface area contributed by atoms with Gasteiger partial charge in [-0.3, -0.25) is 0 Å². The quantitative estimate of drug-likeness (QED) is 0.791. The molecule has 6 nitrogen and oxygen atoms in total. The first-order valence-corrected chi connectivity index (χ1v) is 8.74. The smallest absolute Gasteiger partial charge is 0.185 e. The van der Waals surface area contributed by atoms with Crippen LogP contribution in [0.2, 0.25) is 0 Å². The fraction of sp³-hybridized carbons (Fsp3) is 0.733. The lowest BCUT2D eigenvalue weighted by Crippen LogP contribution is -2.24. The molecule has 1 aliphatic heterocycles. The van der Waals surface area contributed by atoms with E-state index in [9.17, 15) is 0 Å². The predicted molar refractivity (Wildman–Crippen MR) is 90.7 cm³/mol. The molecule has 1 fully saturated rings. The Labute approximate surface area is 135 Å². The highest BCUT2D eigenvalue weighted by molar-refractivity contribution is 7.22. The average molecular weight is 323 g/mol. The van der Waals surface area contributed by atoms with Crippen molar-refractivity contribution < 1.29 is 4.74 Å². The van der Waals surface area contributed by atoms with Crippen LogP contribution in [-0.2, 0) is 11.8 Å². The van der Waals surface area contributed by atoms with Crippen LogP contribution in [0.5, 0.6) is 0 Å². The van der Waals surface area contributed by atoms with E-state index in [1.165, 1.54) is 24.2 Å². The summed E-state index contributed by atoms with van der Waals surface area (Å²) in [5.74, 6) is 0.716. The van der Waals surface area contributed by atoms with Gasteiger partial charge < -0.3 is 15.0 Å². The molecule has 0 aliphatic carbocycles. The van der Waals surface area contributed by atoms with E-state index in [1.807, 2.05) is 18.7 Å². The Hall–Kier alpha value is -1.18. The van der Waals surface area contributed by atoms with Crippen molar-refractivity contribution in [2.45, 2.75) is 19.8 Å². The van der Waals surface area contributed by atoms with Crippen LogP contribution in [0.1, 0.15) is 18.5 Å². The summed E-state index contributed by atoms with van der Waals surface area (Å²) in [5.41, 5.74) is 2.05. The SMILES string of the molecule is COCCCN1CC[C@H](CNc2nc3c(s2)c(C)nn3C)C1. The van der Waals surface area contributed by atoms with E-state index < -0.39 is 0 Å². The van der Waals surface area contributed by atoms with Crippen molar-refractivity contribution in [1.82, 2.24) is 19.7 Å². The zero-order chi connectivity index (χ0) is 15.5. The van der Waals surface area contributed by atoms with Crippen LogP contribution < -0.4 is 5.32 Å². The number of likely N-dealkylation sites (tertiary alicyclic amines) is 1. The van der Waals surface area contributed by atoms with Gasteiger partial charge in [-0.15, -0.1) is 0 Å². The maximum absolute atomic E-state index is 5.12. The number of fused-ring (bicyclic) bond motifs is 1. The van der Waals surface area contributed by atoms with E-state index in [-0.39, 0.29) is 0 Å². The molecular weight excluding hydrogens is 298 g/mol. The summed E-state index contributed by atoms with van der Waals surface area (Å²) in [4.78, 5) is 7.19. The van der Waals surface area contributed by atoms with Gasteiger partial charge in [0.25, 0.3) is 0 Å². The lowest BCUT2D eigenvalue weighted by Gasteiger charge is -2.15. The molecule has 0 radical (unpaired) electrons. The monoisotopic (exact) mass is 323 g/mol. The minimum absolute atomic E-state index is 0.716. The number of anilines is 1. The maximum atomic E-state index is 5.12. The first-order chi connectivity index (χ1) is 10.7. The van der Waals surface area contributed by atoms with Crippen LogP contribution in [0.15, 0.2) is 0 Å². The standard InChI is InChI=1S/C15H25N5OS/c1-11-13-14(19(2)18-11)17-15(22-13)16-9-12-5-7-20(10-12)6-4-8-21-3/h12H,4-10H2,1-3H3,(H,16,17)/t12-/m1/s1. The molecule has 1 N–H and O–H groups in total. The largest absolute Gasteiger partial charge is 0.385 e. The number of aryl methyl sites for hydroxylation is 2. The molecule has 0 aromatic carbocycles. The third-order valence-electron chi connectivity index (χ3n) is 4.28. The van der Waals surface area contributed by atoms with Gasteiger partial charge >= 0.3 is 0 Å². The first kappa shape index (κ1) is 15.7. The number of hydrogen-bond acceptors (Lipinski definition) is 6. The van der Waals surface area contributed by atoms with Crippen LogP contribution in [0.3, 0.4) is 0 Å². The van der Waals surface area contributed by atoms with Gasteiger partial charge in [-0.05, 0) is 32.2 Å². The van der Waals surface area contributed by atoms with Crippen LogP contribution in [0.4, 0.5) is 5.13 Å². The lowest BCUT2D eigenvalue weighted by atomic mass is 10.1. The number of methoxy groups -OCH3 is 1. The molecule has 3 rings (SSSR count). The number of nitrogens with one attached hydrogen (secondary N) is 1. The molecule has 0 unspecified atom stereocenters. The number of nitrogens with zero attached hydrogens (tertiary/aromatic N) is 4. The topological polar surface area (TPSA) is 55.2 Å². The molecule has 2 aromatic rings. The molecule has 3 heterocycles. The summed E-state index contributed by atoms with van der Waals surface area (Å²) < 4.78 is 8.17. The summed E-state index contributed by atoms with van der Waals surface area (Å²) in [6.07, 6.45) is 2.40. The highest BCUT2D eigenvalue weighted by atomic mass is 32.1. The number of hydrogen-bond donors (Lipinski definition) is 1. The third kappa shape index (κ3) is 3.42. The van der Waals surface area contributed by atoms with Crippen LogP contribution in [-0.4, -0.2) is 59.6 Å². The number of thiazole rings is 1. The molecule has 0 spiro atoms. The maximum Gasteiger partial charge on any atom is 0.185 e. The van der Waals surface area contributed by atoms with Gasteiger partial charge in [-0.2, -0.15) is 5.10 Å². The Kier molecular flexibility index (Phi) is 4.95. The van der Waals surface area contributed by atoms with Crippen LogP contribution >= 0.6 is 11.3 Å². The predicted octanol–water partition coefficient (Wildman–Crippen LogP) is 2.11. The third-order valence-corrected chi connectivity index (χ3v) is 5.39. The molecule has 0 saturated carbocycles. The second kappa shape index (κ2) is 6.93. The fourth-order valence-corrected chi connectivity index (χ4v) is 4.05. The second-order valence-corrected chi connectivity index (χ2v) is 7.06. The van der Waals surface area contributed by atoms with E-state index in [0.717, 1.165) is 42.6 Å². The van der Waals surface area contributed by atoms with Gasteiger partial charge in [0.2, 0.25) is 0 Å². The Morgan fingerprint density at radius 2 is 2.32 bits per heavy atom.